The molecule has 0 unspecified atom stereocenters. The second kappa shape index (κ2) is 7.49. The van der Waals surface area contributed by atoms with Crippen LogP contribution in [0.25, 0.3) is 0 Å². The van der Waals surface area contributed by atoms with Gasteiger partial charge in [-0.3, -0.25) is 0 Å². The lowest BCUT2D eigenvalue weighted by Gasteiger charge is -2.21. The lowest BCUT2D eigenvalue weighted by atomic mass is 10.2. The first-order valence-corrected chi connectivity index (χ1v) is 8.74. The highest BCUT2D eigenvalue weighted by Crippen LogP contribution is 2.27. The minimum Gasteiger partial charge on any atom is -0.316 e. The molecule has 4 nitrogen and oxygen atoms in total. The standard InChI is InChI=1S/C14H20BrFN2O2S/c1-5-18(9-10(2)3)21(19,20)13-7-12(15)6-11(8-17-4)14(13)16/h6-7,17H,2,5,8-9H2,1,3-4H3. The minimum atomic E-state index is -3.90. The molecule has 0 saturated carbocycles. The van der Waals surface area contributed by atoms with Crippen molar-refractivity contribution in [2.24, 2.45) is 0 Å². The van der Waals surface area contributed by atoms with Gasteiger partial charge in [-0.2, -0.15) is 4.31 Å². The fraction of sp³-hybridized carbons (Fsp3) is 0.429. The van der Waals surface area contributed by atoms with Crippen molar-refractivity contribution in [2.75, 3.05) is 20.1 Å². The molecule has 0 fully saturated rings. The zero-order valence-electron chi connectivity index (χ0n) is 12.4. The first-order valence-electron chi connectivity index (χ1n) is 6.51. The molecule has 0 radical (unpaired) electrons. The Morgan fingerprint density at radius 2 is 2.10 bits per heavy atom. The van der Waals surface area contributed by atoms with Crippen molar-refractivity contribution in [2.45, 2.75) is 25.3 Å². The van der Waals surface area contributed by atoms with Crippen molar-refractivity contribution >= 4 is 26.0 Å². The van der Waals surface area contributed by atoms with Gasteiger partial charge in [-0.15, -0.1) is 0 Å². The largest absolute Gasteiger partial charge is 0.316 e. The summed E-state index contributed by atoms with van der Waals surface area (Å²) in [6.07, 6.45) is 0. The van der Waals surface area contributed by atoms with E-state index in [0.29, 0.717) is 15.6 Å². The smallest absolute Gasteiger partial charge is 0.246 e. The number of benzene rings is 1. The topological polar surface area (TPSA) is 49.4 Å². The molecule has 1 N–H and O–H groups in total. The number of nitrogens with one attached hydrogen (secondary N) is 1. The third-order valence-electron chi connectivity index (χ3n) is 2.86. The Kier molecular flexibility index (Phi) is 6.52. The number of sulfonamides is 1. The molecule has 21 heavy (non-hydrogen) atoms. The predicted octanol–water partition coefficient (Wildman–Crippen LogP) is 2.89. The van der Waals surface area contributed by atoms with E-state index in [-0.39, 0.29) is 24.5 Å². The van der Waals surface area contributed by atoms with Crippen LogP contribution in [0.2, 0.25) is 0 Å². The zero-order valence-corrected chi connectivity index (χ0v) is 14.8. The second-order valence-electron chi connectivity index (χ2n) is 4.80. The summed E-state index contributed by atoms with van der Waals surface area (Å²) in [4.78, 5) is -0.315. The van der Waals surface area contributed by atoms with Gasteiger partial charge in [0.1, 0.15) is 10.7 Å². The van der Waals surface area contributed by atoms with Gasteiger partial charge in [0.05, 0.1) is 0 Å². The Hall–Kier alpha value is -0.760. The Labute approximate surface area is 134 Å². The van der Waals surface area contributed by atoms with Gasteiger partial charge in [0.2, 0.25) is 10.0 Å². The normalized spacial score (nSPS) is 11.9. The van der Waals surface area contributed by atoms with E-state index in [9.17, 15) is 12.8 Å². The van der Waals surface area contributed by atoms with Crippen LogP contribution in [-0.2, 0) is 16.6 Å². The average Bonchev–Trinajstić information content (AvgIpc) is 2.39. The molecule has 118 valence electrons. The molecule has 0 aliphatic heterocycles. The van der Waals surface area contributed by atoms with Crippen LogP contribution in [0.4, 0.5) is 4.39 Å². The van der Waals surface area contributed by atoms with Gasteiger partial charge in [-0.05, 0) is 26.1 Å². The molecule has 1 rings (SSSR count). The molecule has 7 heteroatoms. The molecule has 0 spiro atoms. The van der Waals surface area contributed by atoms with Crippen LogP contribution in [-0.4, -0.2) is 32.9 Å². The van der Waals surface area contributed by atoms with Crippen molar-refractivity contribution in [1.82, 2.24) is 9.62 Å². The van der Waals surface area contributed by atoms with Crippen molar-refractivity contribution in [3.8, 4) is 0 Å². The number of nitrogens with zero attached hydrogens (tertiary/aromatic N) is 1. The van der Waals surface area contributed by atoms with Crippen LogP contribution in [0.3, 0.4) is 0 Å². The second-order valence-corrected chi connectivity index (χ2v) is 7.62. The number of rotatable bonds is 7. The van der Waals surface area contributed by atoms with E-state index in [1.54, 1.807) is 27.0 Å². The van der Waals surface area contributed by atoms with Crippen LogP contribution >= 0.6 is 15.9 Å². The van der Waals surface area contributed by atoms with Crippen LogP contribution in [0.1, 0.15) is 19.4 Å². The van der Waals surface area contributed by atoms with E-state index in [1.165, 1.54) is 10.4 Å². The molecule has 1 aromatic rings. The number of hydrogen-bond donors (Lipinski definition) is 1. The van der Waals surface area contributed by atoms with Crippen molar-refractivity contribution in [3.05, 3.63) is 40.1 Å². The Bertz CT molecular complexity index is 632. The summed E-state index contributed by atoms with van der Waals surface area (Å²) in [5.74, 6) is -0.715. The SMILES string of the molecule is C=C(C)CN(CC)S(=O)(=O)c1cc(Br)cc(CNC)c1F. The summed E-state index contributed by atoms with van der Waals surface area (Å²) in [6.45, 7) is 7.84. The first kappa shape index (κ1) is 18.3. The summed E-state index contributed by atoms with van der Waals surface area (Å²) < 4.78 is 41.5. The van der Waals surface area contributed by atoms with E-state index in [2.05, 4.69) is 27.8 Å². The van der Waals surface area contributed by atoms with Gasteiger partial charge >= 0.3 is 0 Å². The summed E-state index contributed by atoms with van der Waals surface area (Å²) in [5.41, 5.74) is 1.00. The van der Waals surface area contributed by atoms with Crippen molar-refractivity contribution < 1.29 is 12.8 Å². The van der Waals surface area contributed by atoms with Crippen LogP contribution in [0.5, 0.6) is 0 Å². The molecular weight excluding hydrogens is 359 g/mol. The Morgan fingerprint density at radius 1 is 1.48 bits per heavy atom. The quantitative estimate of drug-likeness (QED) is 0.742. The van der Waals surface area contributed by atoms with E-state index in [0.717, 1.165) is 0 Å². The summed E-state index contributed by atoms with van der Waals surface area (Å²) >= 11 is 3.24. The summed E-state index contributed by atoms with van der Waals surface area (Å²) in [7, 11) is -2.23. The lowest BCUT2D eigenvalue weighted by molar-refractivity contribution is 0.446. The highest BCUT2D eigenvalue weighted by molar-refractivity contribution is 9.10. The molecule has 0 aromatic heterocycles. The minimum absolute atomic E-state index is 0.173. The number of likely N-dealkylation sites (N-methyl/N-ethyl adjacent to an activating group) is 1. The van der Waals surface area contributed by atoms with Crippen LogP contribution in [0, 0.1) is 5.82 Å². The highest BCUT2D eigenvalue weighted by Gasteiger charge is 2.28. The molecule has 0 amide bonds. The van der Waals surface area contributed by atoms with Crippen LogP contribution < -0.4 is 5.32 Å². The fourth-order valence-electron chi connectivity index (χ4n) is 1.93. The van der Waals surface area contributed by atoms with Crippen LogP contribution in [0.15, 0.2) is 33.7 Å². The lowest BCUT2D eigenvalue weighted by Crippen LogP contribution is -2.33. The maximum Gasteiger partial charge on any atom is 0.246 e. The third-order valence-corrected chi connectivity index (χ3v) is 5.24. The molecule has 0 atom stereocenters. The van der Waals surface area contributed by atoms with Crippen molar-refractivity contribution in [1.29, 1.82) is 0 Å². The molecule has 1 aromatic carbocycles. The predicted molar refractivity (Wildman–Crippen MR) is 86.1 cm³/mol. The Balaban J connectivity index is 3.39. The van der Waals surface area contributed by atoms with E-state index in [4.69, 9.17) is 0 Å². The van der Waals surface area contributed by atoms with Gasteiger partial charge in [-0.1, -0.05) is 35.0 Å². The van der Waals surface area contributed by atoms with Crippen molar-refractivity contribution in [3.63, 3.8) is 0 Å². The van der Waals surface area contributed by atoms with E-state index < -0.39 is 15.8 Å². The van der Waals surface area contributed by atoms with E-state index in [1.807, 2.05) is 0 Å². The zero-order chi connectivity index (χ0) is 16.2. The molecule has 0 saturated heterocycles. The van der Waals surface area contributed by atoms with Gasteiger partial charge in [0.15, 0.2) is 0 Å². The van der Waals surface area contributed by atoms with Gasteiger partial charge in [0, 0.05) is 29.7 Å². The Morgan fingerprint density at radius 3 is 2.57 bits per heavy atom. The molecule has 0 heterocycles. The van der Waals surface area contributed by atoms with E-state index >= 15 is 0 Å². The molecule has 0 aliphatic carbocycles. The summed E-state index contributed by atoms with van der Waals surface area (Å²) in [6, 6.07) is 2.87. The fourth-order valence-corrected chi connectivity index (χ4v) is 4.23. The van der Waals surface area contributed by atoms with Gasteiger partial charge in [-0.25, -0.2) is 12.8 Å². The molecular formula is C14H20BrFN2O2S. The average molecular weight is 379 g/mol. The monoisotopic (exact) mass is 378 g/mol. The molecule has 0 aliphatic rings. The van der Waals surface area contributed by atoms with Gasteiger partial charge < -0.3 is 5.32 Å². The first-order chi connectivity index (χ1) is 9.73. The number of halogens is 2. The number of hydrogen-bond acceptors (Lipinski definition) is 3. The summed E-state index contributed by atoms with van der Waals surface area (Å²) in [5, 5.41) is 2.82. The highest BCUT2D eigenvalue weighted by atomic mass is 79.9. The maximum absolute atomic E-state index is 14.5. The maximum atomic E-state index is 14.5. The molecule has 0 bridgehead atoms. The van der Waals surface area contributed by atoms with Gasteiger partial charge in [0.25, 0.3) is 0 Å². The third kappa shape index (κ3) is 4.35.